The van der Waals surface area contributed by atoms with Crippen LogP contribution in [0.3, 0.4) is 0 Å². The summed E-state index contributed by atoms with van der Waals surface area (Å²) in [4.78, 5) is 7.08. The van der Waals surface area contributed by atoms with Gasteiger partial charge in [0.1, 0.15) is 0 Å². The Morgan fingerprint density at radius 2 is 1.94 bits per heavy atom. The van der Waals surface area contributed by atoms with Crippen LogP contribution in [0.5, 0.6) is 0 Å². The molecule has 1 saturated heterocycles. The van der Waals surface area contributed by atoms with E-state index in [0.717, 1.165) is 24.1 Å². The predicted molar refractivity (Wildman–Crippen MR) is 69.3 cm³/mol. The first-order chi connectivity index (χ1) is 8.90. The maximum Gasteiger partial charge on any atom is 0.238 e. The number of nitriles is 1. The van der Waals surface area contributed by atoms with Gasteiger partial charge in [0.15, 0.2) is 0 Å². The summed E-state index contributed by atoms with van der Waals surface area (Å²) in [6, 6.07) is 8.05. The number of hydrogen-bond acceptors (Lipinski definition) is 3. The summed E-state index contributed by atoms with van der Waals surface area (Å²) in [6.45, 7) is 2.03. The molecule has 18 heavy (non-hydrogen) atoms. The minimum atomic E-state index is 0.612. The maximum atomic E-state index is 8.80. The van der Waals surface area contributed by atoms with Crippen LogP contribution in [0.4, 0.5) is 0 Å². The van der Waals surface area contributed by atoms with Crippen molar-refractivity contribution in [2.45, 2.75) is 19.3 Å². The van der Waals surface area contributed by atoms with Crippen LogP contribution in [0.1, 0.15) is 19.3 Å². The first kappa shape index (κ1) is 10.9. The normalized spacial score (nSPS) is 17.1. The number of aromatic amines is 1. The molecule has 3 rings (SSSR count). The van der Waals surface area contributed by atoms with Crippen LogP contribution in [0.15, 0.2) is 29.3 Å². The number of benzene rings is 1. The molecular weight excluding hydrogens is 226 g/mol. The van der Waals surface area contributed by atoms with Gasteiger partial charge in [-0.15, -0.1) is 4.99 Å². The van der Waals surface area contributed by atoms with E-state index in [2.05, 4.69) is 21.1 Å². The molecule has 2 heterocycles. The van der Waals surface area contributed by atoms with E-state index in [4.69, 9.17) is 5.26 Å². The van der Waals surface area contributed by atoms with Gasteiger partial charge in [0, 0.05) is 13.1 Å². The first-order valence-corrected chi connectivity index (χ1v) is 6.28. The largest absolute Gasteiger partial charge is 0.322 e. The van der Waals surface area contributed by atoms with E-state index < -0.39 is 0 Å². The summed E-state index contributed by atoms with van der Waals surface area (Å²) in [7, 11) is 0. The lowest BCUT2D eigenvalue weighted by Gasteiger charge is -2.29. The fourth-order valence-corrected chi connectivity index (χ4v) is 2.54. The second-order valence-electron chi connectivity index (χ2n) is 4.50. The molecule has 0 saturated carbocycles. The Morgan fingerprint density at radius 1 is 1.17 bits per heavy atom. The molecule has 0 atom stereocenters. The van der Waals surface area contributed by atoms with Crippen molar-refractivity contribution in [3.8, 4) is 6.19 Å². The molecule has 5 nitrogen and oxygen atoms in total. The number of hydrogen-bond donors (Lipinski definition) is 1. The second-order valence-corrected chi connectivity index (χ2v) is 4.50. The maximum absolute atomic E-state index is 8.80. The molecule has 2 aromatic rings. The van der Waals surface area contributed by atoms with E-state index in [9.17, 15) is 0 Å². The van der Waals surface area contributed by atoms with Gasteiger partial charge in [-0.1, -0.05) is 12.1 Å². The number of nitrogens with zero attached hydrogens (tertiary/aromatic N) is 4. The van der Waals surface area contributed by atoms with Crippen molar-refractivity contribution in [3.05, 3.63) is 29.9 Å². The number of fused-ring (bicyclic) bond motifs is 1. The van der Waals surface area contributed by atoms with Crippen molar-refractivity contribution >= 4 is 11.0 Å². The van der Waals surface area contributed by atoms with Gasteiger partial charge in [-0.05, 0) is 31.4 Å². The summed E-state index contributed by atoms with van der Waals surface area (Å²) < 4.78 is 2.04. The molecule has 1 aromatic carbocycles. The third kappa shape index (κ3) is 1.76. The molecule has 1 fully saturated rings. The minimum Gasteiger partial charge on any atom is -0.322 e. The predicted octanol–water partition coefficient (Wildman–Crippen LogP) is 1.47. The lowest BCUT2D eigenvalue weighted by atomic mass is 10.2. The van der Waals surface area contributed by atoms with Gasteiger partial charge in [-0.3, -0.25) is 0 Å². The summed E-state index contributed by atoms with van der Waals surface area (Å²) >= 11 is 0. The van der Waals surface area contributed by atoms with E-state index in [-0.39, 0.29) is 0 Å². The number of piperidine rings is 1. The lowest BCUT2D eigenvalue weighted by Crippen LogP contribution is -2.44. The SMILES string of the molecule is N#CN=c1[nH]c2ccccc2n1N1CCCCC1. The van der Waals surface area contributed by atoms with Gasteiger partial charge in [-0.2, -0.15) is 5.26 Å². The summed E-state index contributed by atoms with van der Waals surface area (Å²) in [6.07, 6.45) is 5.54. The molecule has 0 amide bonds. The molecule has 1 aliphatic rings. The van der Waals surface area contributed by atoms with Gasteiger partial charge in [0.05, 0.1) is 11.0 Å². The van der Waals surface area contributed by atoms with E-state index in [1.165, 1.54) is 19.3 Å². The Morgan fingerprint density at radius 3 is 2.72 bits per heavy atom. The molecular formula is C13H15N5. The zero-order chi connectivity index (χ0) is 12.4. The van der Waals surface area contributed by atoms with Crippen molar-refractivity contribution < 1.29 is 0 Å². The highest BCUT2D eigenvalue weighted by atomic mass is 15.6. The number of nitrogens with one attached hydrogen (secondary N) is 1. The zero-order valence-corrected chi connectivity index (χ0v) is 10.1. The highest BCUT2D eigenvalue weighted by molar-refractivity contribution is 5.75. The molecule has 1 aromatic heterocycles. The Labute approximate surface area is 105 Å². The second kappa shape index (κ2) is 4.57. The number of aromatic nitrogens is 2. The van der Waals surface area contributed by atoms with E-state index >= 15 is 0 Å². The van der Waals surface area contributed by atoms with Crippen LogP contribution in [0, 0.1) is 11.5 Å². The number of para-hydroxylation sites is 2. The van der Waals surface area contributed by atoms with Gasteiger partial charge < -0.3 is 9.99 Å². The third-order valence-corrected chi connectivity index (χ3v) is 3.35. The topological polar surface area (TPSA) is 60.1 Å². The quantitative estimate of drug-likeness (QED) is 0.769. The fraction of sp³-hybridized carbons (Fsp3) is 0.385. The average molecular weight is 241 g/mol. The Balaban J connectivity index is 2.21. The Hall–Kier alpha value is -2.22. The van der Waals surface area contributed by atoms with Crippen molar-refractivity contribution in [1.82, 2.24) is 9.66 Å². The molecule has 0 aliphatic carbocycles. The highest BCUT2D eigenvalue weighted by Gasteiger charge is 2.14. The number of imidazole rings is 1. The van der Waals surface area contributed by atoms with Gasteiger partial charge >= 0.3 is 0 Å². The first-order valence-electron chi connectivity index (χ1n) is 6.28. The summed E-state index contributed by atoms with van der Waals surface area (Å²) in [5.74, 6) is 0. The number of H-pyrrole nitrogens is 1. The van der Waals surface area contributed by atoms with Crippen LogP contribution in [0.2, 0.25) is 0 Å². The standard InChI is InChI=1S/C13H15N5/c14-10-15-13-16-11-6-2-3-7-12(11)18(13)17-8-4-1-5-9-17/h2-3,6-7H,1,4-5,8-9H2,(H,15,16). The van der Waals surface area contributed by atoms with E-state index in [1.54, 1.807) is 0 Å². The van der Waals surface area contributed by atoms with Crippen LogP contribution in [-0.2, 0) is 0 Å². The molecule has 92 valence electrons. The molecule has 0 bridgehead atoms. The van der Waals surface area contributed by atoms with Gasteiger partial charge in [0.2, 0.25) is 11.8 Å². The highest BCUT2D eigenvalue weighted by Crippen LogP contribution is 2.13. The molecule has 5 heteroatoms. The fourth-order valence-electron chi connectivity index (χ4n) is 2.54. The smallest absolute Gasteiger partial charge is 0.238 e. The summed E-state index contributed by atoms with van der Waals surface area (Å²) in [5, 5.41) is 11.1. The molecule has 0 spiro atoms. The third-order valence-electron chi connectivity index (χ3n) is 3.35. The van der Waals surface area contributed by atoms with E-state index in [0.29, 0.717) is 5.62 Å². The van der Waals surface area contributed by atoms with Crippen molar-refractivity contribution in [2.24, 2.45) is 4.99 Å². The van der Waals surface area contributed by atoms with E-state index in [1.807, 2.05) is 29.1 Å². The summed E-state index contributed by atoms with van der Waals surface area (Å²) in [5.41, 5.74) is 2.70. The molecule has 0 unspecified atom stereocenters. The van der Waals surface area contributed by atoms with Crippen LogP contribution in [-0.4, -0.2) is 22.7 Å². The van der Waals surface area contributed by atoms with Crippen molar-refractivity contribution in [3.63, 3.8) is 0 Å². The zero-order valence-electron chi connectivity index (χ0n) is 10.1. The van der Waals surface area contributed by atoms with Crippen molar-refractivity contribution in [2.75, 3.05) is 18.1 Å². The Bertz CT molecular complexity index is 652. The van der Waals surface area contributed by atoms with Gasteiger partial charge in [0.25, 0.3) is 0 Å². The lowest BCUT2D eigenvalue weighted by molar-refractivity contribution is 0.475. The Kier molecular flexibility index (Phi) is 2.77. The van der Waals surface area contributed by atoms with Crippen molar-refractivity contribution in [1.29, 1.82) is 5.26 Å². The minimum absolute atomic E-state index is 0.612. The average Bonchev–Trinajstić information content (AvgIpc) is 2.78. The number of rotatable bonds is 1. The molecule has 1 aliphatic heterocycles. The molecule has 0 radical (unpaired) electrons. The van der Waals surface area contributed by atoms with Crippen LogP contribution in [0.25, 0.3) is 11.0 Å². The van der Waals surface area contributed by atoms with Crippen LogP contribution < -0.4 is 10.6 Å². The molecule has 1 N–H and O–H groups in total. The monoisotopic (exact) mass is 241 g/mol. The van der Waals surface area contributed by atoms with Crippen LogP contribution >= 0.6 is 0 Å². The van der Waals surface area contributed by atoms with Gasteiger partial charge in [-0.25, -0.2) is 4.68 Å².